The molecule has 0 aromatic heterocycles. The molecule has 3 aromatic rings. The second kappa shape index (κ2) is 10.8. The van der Waals surface area contributed by atoms with Crippen molar-refractivity contribution >= 4 is 17.5 Å². The third kappa shape index (κ3) is 5.48. The normalized spacial score (nSPS) is 15.4. The number of amides is 1. The molecule has 1 amide bonds. The molecule has 1 unspecified atom stereocenters. The van der Waals surface area contributed by atoms with Crippen LogP contribution in [0.5, 0.6) is 0 Å². The third-order valence-electron chi connectivity index (χ3n) is 6.85. The van der Waals surface area contributed by atoms with E-state index in [1.165, 1.54) is 6.07 Å². The number of nitrogens with one attached hydrogen (secondary N) is 1. The van der Waals surface area contributed by atoms with Gasteiger partial charge in [-0.2, -0.15) is 5.26 Å². The Bertz CT molecular complexity index is 1180. The Hall–Kier alpha value is -3.16. The van der Waals surface area contributed by atoms with Gasteiger partial charge in [0, 0.05) is 17.1 Å². The fourth-order valence-corrected chi connectivity index (χ4v) is 5.25. The molecule has 0 heterocycles. The number of hydrogen-bond donors (Lipinski definition) is 1. The van der Waals surface area contributed by atoms with E-state index in [2.05, 4.69) is 11.4 Å². The van der Waals surface area contributed by atoms with E-state index in [1.54, 1.807) is 24.3 Å². The summed E-state index contributed by atoms with van der Waals surface area (Å²) in [7, 11) is 0. The van der Waals surface area contributed by atoms with Crippen LogP contribution in [-0.4, -0.2) is 12.5 Å². The highest BCUT2D eigenvalue weighted by molar-refractivity contribution is 6.30. The van der Waals surface area contributed by atoms with Crippen molar-refractivity contribution in [3.05, 3.63) is 106 Å². The van der Waals surface area contributed by atoms with E-state index < -0.39 is 5.41 Å². The van der Waals surface area contributed by atoms with Gasteiger partial charge in [-0.05, 0) is 73.1 Å². The number of rotatable bonds is 8. The average molecular weight is 475 g/mol. The lowest BCUT2D eigenvalue weighted by Crippen LogP contribution is -2.45. The molecule has 1 N–H and O–H groups in total. The van der Waals surface area contributed by atoms with Gasteiger partial charge in [0.2, 0.25) is 5.91 Å². The van der Waals surface area contributed by atoms with Crippen molar-refractivity contribution in [2.45, 2.75) is 43.9 Å². The minimum absolute atomic E-state index is 0.0954. The Labute approximate surface area is 205 Å². The van der Waals surface area contributed by atoms with Gasteiger partial charge in [0.15, 0.2) is 0 Å². The first kappa shape index (κ1) is 24.0. The maximum absolute atomic E-state index is 14.7. The van der Waals surface area contributed by atoms with E-state index in [0.29, 0.717) is 42.0 Å². The molecule has 3 aromatic carbocycles. The SMILES string of the molecule is N#Cc1cccc(CC(CNC(=O)C2(c3ccccc3F)CCCC2)Cc2ccc(Cl)cc2)c1. The second-order valence-electron chi connectivity index (χ2n) is 9.19. The molecule has 0 spiro atoms. The fourth-order valence-electron chi connectivity index (χ4n) is 5.12. The Kier molecular flexibility index (Phi) is 7.65. The summed E-state index contributed by atoms with van der Waals surface area (Å²) in [6.45, 7) is 0.467. The van der Waals surface area contributed by atoms with Crippen LogP contribution in [0.25, 0.3) is 0 Å². The largest absolute Gasteiger partial charge is 0.355 e. The second-order valence-corrected chi connectivity index (χ2v) is 9.63. The van der Waals surface area contributed by atoms with Crippen LogP contribution in [0.15, 0.2) is 72.8 Å². The molecule has 1 fully saturated rings. The van der Waals surface area contributed by atoms with Crippen molar-refractivity contribution in [2.75, 3.05) is 6.54 Å². The predicted octanol–water partition coefficient (Wildman–Crippen LogP) is 6.38. The van der Waals surface area contributed by atoms with Crippen LogP contribution in [0.4, 0.5) is 4.39 Å². The van der Waals surface area contributed by atoms with Gasteiger partial charge < -0.3 is 5.32 Å². The smallest absolute Gasteiger partial charge is 0.230 e. The van der Waals surface area contributed by atoms with E-state index in [1.807, 2.05) is 42.5 Å². The summed E-state index contributed by atoms with van der Waals surface area (Å²) in [5.74, 6) is -0.300. The summed E-state index contributed by atoms with van der Waals surface area (Å²) in [4.78, 5) is 13.5. The van der Waals surface area contributed by atoms with Crippen LogP contribution in [0.1, 0.15) is 47.9 Å². The highest BCUT2D eigenvalue weighted by Gasteiger charge is 2.44. The molecule has 3 nitrogen and oxygen atoms in total. The lowest BCUT2D eigenvalue weighted by molar-refractivity contribution is -0.127. The number of halogens is 2. The molecule has 34 heavy (non-hydrogen) atoms. The number of carbonyl (C=O) groups excluding carboxylic acids is 1. The Morgan fingerprint density at radius 2 is 1.71 bits per heavy atom. The predicted molar refractivity (Wildman–Crippen MR) is 133 cm³/mol. The van der Waals surface area contributed by atoms with Crippen molar-refractivity contribution in [2.24, 2.45) is 5.92 Å². The lowest BCUT2D eigenvalue weighted by Gasteiger charge is -2.30. The Balaban J connectivity index is 1.54. The minimum Gasteiger partial charge on any atom is -0.355 e. The molecule has 174 valence electrons. The van der Waals surface area contributed by atoms with Crippen molar-refractivity contribution < 1.29 is 9.18 Å². The van der Waals surface area contributed by atoms with Crippen LogP contribution in [0.2, 0.25) is 5.02 Å². The van der Waals surface area contributed by atoms with Gasteiger partial charge >= 0.3 is 0 Å². The molecule has 1 atom stereocenters. The first-order chi connectivity index (χ1) is 16.5. The van der Waals surface area contributed by atoms with Gasteiger partial charge in [-0.1, -0.05) is 66.9 Å². The molecule has 0 radical (unpaired) electrons. The van der Waals surface area contributed by atoms with Gasteiger partial charge in [-0.15, -0.1) is 0 Å². The third-order valence-corrected chi connectivity index (χ3v) is 7.10. The summed E-state index contributed by atoms with van der Waals surface area (Å²) in [5, 5.41) is 13.1. The van der Waals surface area contributed by atoms with Gasteiger partial charge in [0.05, 0.1) is 17.0 Å². The molecular formula is C29H28ClFN2O. The lowest BCUT2D eigenvalue weighted by atomic mass is 9.77. The maximum Gasteiger partial charge on any atom is 0.230 e. The molecule has 1 saturated carbocycles. The van der Waals surface area contributed by atoms with Gasteiger partial charge in [-0.25, -0.2) is 4.39 Å². The van der Waals surface area contributed by atoms with Crippen LogP contribution in [-0.2, 0) is 23.1 Å². The molecule has 5 heteroatoms. The number of benzene rings is 3. The van der Waals surface area contributed by atoms with Crippen LogP contribution in [0.3, 0.4) is 0 Å². The highest BCUT2D eigenvalue weighted by atomic mass is 35.5. The quantitative estimate of drug-likeness (QED) is 0.411. The standard InChI is InChI=1S/C29H28ClFN2O/c30-25-12-10-21(11-13-25)16-24(18-22-6-5-7-23(17-22)19-32)20-33-28(34)29(14-3-4-15-29)26-8-1-2-9-27(26)31/h1-2,5-13,17,24H,3-4,14-16,18,20H2,(H,33,34). The van der Waals surface area contributed by atoms with E-state index in [0.717, 1.165) is 30.4 Å². The molecule has 0 bridgehead atoms. The molecule has 1 aliphatic rings. The zero-order valence-electron chi connectivity index (χ0n) is 19.1. The van der Waals surface area contributed by atoms with E-state index in [4.69, 9.17) is 11.6 Å². The number of hydrogen-bond acceptors (Lipinski definition) is 2. The maximum atomic E-state index is 14.7. The van der Waals surface area contributed by atoms with Crippen molar-refractivity contribution in [3.63, 3.8) is 0 Å². The summed E-state index contributed by atoms with van der Waals surface area (Å²) >= 11 is 6.05. The topological polar surface area (TPSA) is 52.9 Å². The van der Waals surface area contributed by atoms with E-state index >= 15 is 0 Å². The van der Waals surface area contributed by atoms with Gasteiger partial charge in [0.25, 0.3) is 0 Å². The average Bonchev–Trinajstić information content (AvgIpc) is 3.35. The van der Waals surface area contributed by atoms with E-state index in [9.17, 15) is 14.4 Å². The zero-order valence-corrected chi connectivity index (χ0v) is 19.8. The summed E-state index contributed by atoms with van der Waals surface area (Å²) in [6.07, 6.45) is 4.61. The first-order valence-electron chi connectivity index (χ1n) is 11.8. The van der Waals surface area contributed by atoms with Crippen molar-refractivity contribution in [3.8, 4) is 6.07 Å². The Morgan fingerprint density at radius 3 is 2.41 bits per heavy atom. The number of carbonyl (C=O) groups is 1. The van der Waals surface area contributed by atoms with Crippen LogP contribution < -0.4 is 5.32 Å². The summed E-state index contributed by atoms with van der Waals surface area (Å²) in [5.41, 5.74) is 2.50. The first-order valence-corrected chi connectivity index (χ1v) is 12.1. The molecule has 1 aliphatic carbocycles. The van der Waals surface area contributed by atoms with Crippen LogP contribution >= 0.6 is 11.6 Å². The van der Waals surface area contributed by atoms with Gasteiger partial charge in [-0.3, -0.25) is 4.79 Å². The van der Waals surface area contributed by atoms with Crippen molar-refractivity contribution in [1.82, 2.24) is 5.32 Å². The van der Waals surface area contributed by atoms with Crippen LogP contribution in [0, 0.1) is 23.1 Å². The molecule has 0 aliphatic heterocycles. The molecule has 0 saturated heterocycles. The van der Waals surface area contributed by atoms with E-state index in [-0.39, 0.29) is 17.6 Å². The van der Waals surface area contributed by atoms with Crippen molar-refractivity contribution in [1.29, 1.82) is 5.26 Å². The summed E-state index contributed by atoms with van der Waals surface area (Å²) < 4.78 is 14.7. The Morgan fingerprint density at radius 1 is 1.00 bits per heavy atom. The number of nitrogens with zero attached hydrogens (tertiary/aromatic N) is 1. The monoisotopic (exact) mass is 474 g/mol. The molecule has 4 rings (SSSR count). The fraction of sp³-hybridized carbons (Fsp3) is 0.310. The summed E-state index contributed by atoms with van der Waals surface area (Å²) in [6, 6.07) is 24.2. The van der Waals surface area contributed by atoms with Gasteiger partial charge in [0.1, 0.15) is 5.82 Å². The minimum atomic E-state index is -0.809. The molecular weight excluding hydrogens is 447 g/mol. The zero-order chi connectivity index (χ0) is 24.0. The highest BCUT2D eigenvalue weighted by Crippen LogP contribution is 2.42. The number of nitriles is 1.